The second kappa shape index (κ2) is 9.25. The first-order chi connectivity index (χ1) is 9.22. The van der Waals surface area contributed by atoms with Crippen LogP contribution in [-0.4, -0.2) is 19.1 Å². The van der Waals surface area contributed by atoms with Gasteiger partial charge >= 0.3 is 0 Å². The summed E-state index contributed by atoms with van der Waals surface area (Å²) in [6.07, 6.45) is 5.75. The number of nitrogens with zero attached hydrogens (tertiary/aromatic N) is 1. The highest BCUT2D eigenvalue weighted by atomic mass is 16.5. The molecule has 0 fully saturated rings. The molecule has 0 aliphatic heterocycles. The molecule has 19 heavy (non-hydrogen) atoms. The van der Waals surface area contributed by atoms with Gasteiger partial charge in [-0.3, -0.25) is 4.99 Å². The van der Waals surface area contributed by atoms with Gasteiger partial charge < -0.3 is 16.2 Å². The summed E-state index contributed by atoms with van der Waals surface area (Å²) in [5.41, 5.74) is 11.8. The fourth-order valence-corrected chi connectivity index (χ4v) is 1.79. The normalized spacial score (nSPS) is 10.2. The van der Waals surface area contributed by atoms with Crippen LogP contribution in [0.1, 0.15) is 38.2 Å². The van der Waals surface area contributed by atoms with Gasteiger partial charge in [0.15, 0.2) is 5.96 Å². The average molecular weight is 263 g/mol. The first kappa shape index (κ1) is 15.3. The van der Waals surface area contributed by atoms with E-state index < -0.39 is 0 Å². The van der Waals surface area contributed by atoms with E-state index in [2.05, 4.69) is 24.0 Å². The van der Waals surface area contributed by atoms with Gasteiger partial charge in [-0.1, -0.05) is 38.3 Å². The lowest BCUT2D eigenvalue weighted by molar-refractivity contribution is 0.305. The Morgan fingerprint density at radius 2 is 1.84 bits per heavy atom. The second-order valence-corrected chi connectivity index (χ2v) is 4.61. The molecule has 0 unspecified atom stereocenters. The van der Waals surface area contributed by atoms with E-state index >= 15 is 0 Å². The highest BCUT2D eigenvalue weighted by Crippen LogP contribution is 2.13. The lowest BCUT2D eigenvalue weighted by Gasteiger charge is -2.06. The number of hydrogen-bond acceptors (Lipinski definition) is 2. The van der Waals surface area contributed by atoms with Gasteiger partial charge in [-0.25, -0.2) is 0 Å². The standard InChI is InChI=1S/C15H25N3O/c1-2-3-4-5-12-19-14-8-6-13(7-9-14)10-11-18-15(16)17/h6-9H,2-5,10-12H2,1H3,(H4,16,17,18). The molecule has 0 spiro atoms. The molecule has 0 aliphatic carbocycles. The Bertz CT molecular complexity index is 369. The Balaban J connectivity index is 2.25. The van der Waals surface area contributed by atoms with Crippen molar-refractivity contribution in [1.82, 2.24) is 0 Å². The van der Waals surface area contributed by atoms with Crippen molar-refractivity contribution in [2.24, 2.45) is 16.5 Å². The SMILES string of the molecule is CCCCCCOc1ccc(CCN=C(N)N)cc1. The lowest BCUT2D eigenvalue weighted by atomic mass is 10.1. The van der Waals surface area contributed by atoms with E-state index in [1.165, 1.54) is 24.8 Å². The molecule has 0 saturated heterocycles. The third kappa shape index (κ3) is 7.34. The fraction of sp³-hybridized carbons (Fsp3) is 0.533. The fourth-order valence-electron chi connectivity index (χ4n) is 1.79. The van der Waals surface area contributed by atoms with E-state index in [9.17, 15) is 0 Å². The molecule has 0 aromatic heterocycles. The predicted octanol–water partition coefficient (Wildman–Crippen LogP) is 2.46. The smallest absolute Gasteiger partial charge is 0.185 e. The zero-order valence-corrected chi connectivity index (χ0v) is 11.8. The van der Waals surface area contributed by atoms with Crippen LogP contribution in [0.5, 0.6) is 5.75 Å². The van der Waals surface area contributed by atoms with Crippen molar-refractivity contribution in [2.45, 2.75) is 39.0 Å². The predicted molar refractivity (Wildman–Crippen MR) is 80.5 cm³/mol. The van der Waals surface area contributed by atoms with Crippen LogP contribution in [0.25, 0.3) is 0 Å². The number of nitrogens with two attached hydrogens (primary N) is 2. The summed E-state index contributed by atoms with van der Waals surface area (Å²) >= 11 is 0. The van der Waals surface area contributed by atoms with Crippen molar-refractivity contribution in [1.29, 1.82) is 0 Å². The quantitative estimate of drug-likeness (QED) is 0.408. The van der Waals surface area contributed by atoms with Crippen LogP contribution < -0.4 is 16.2 Å². The summed E-state index contributed by atoms with van der Waals surface area (Å²) in [5, 5.41) is 0. The Kier molecular flexibility index (Phi) is 7.47. The van der Waals surface area contributed by atoms with Crippen LogP contribution in [-0.2, 0) is 6.42 Å². The van der Waals surface area contributed by atoms with E-state index in [1.54, 1.807) is 0 Å². The Morgan fingerprint density at radius 3 is 2.47 bits per heavy atom. The molecular formula is C15H25N3O. The third-order valence-electron chi connectivity index (χ3n) is 2.88. The van der Waals surface area contributed by atoms with Crippen LogP contribution in [0.3, 0.4) is 0 Å². The number of rotatable bonds is 9. The van der Waals surface area contributed by atoms with Gasteiger partial charge in [-0.15, -0.1) is 0 Å². The number of benzene rings is 1. The van der Waals surface area contributed by atoms with Gasteiger partial charge in [0.05, 0.1) is 6.61 Å². The molecule has 0 heterocycles. The summed E-state index contributed by atoms with van der Waals surface area (Å²) < 4.78 is 5.68. The van der Waals surface area contributed by atoms with Crippen LogP contribution in [0.2, 0.25) is 0 Å². The van der Waals surface area contributed by atoms with Gasteiger partial charge in [0, 0.05) is 6.54 Å². The van der Waals surface area contributed by atoms with E-state index in [0.29, 0.717) is 6.54 Å². The molecule has 0 atom stereocenters. The molecule has 4 nitrogen and oxygen atoms in total. The maximum absolute atomic E-state index is 5.68. The molecule has 0 bridgehead atoms. The van der Waals surface area contributed by atoms with Crippen LogP contribution in [0, 0.1) is 0 Å². The van der Waals surface area contributed by atoms with Gasteiger partial charge in [0.1, 0.15) is 5.75 Å². The van der Waals surface area contributed by atoms with Crippen molar-refractivity contribution in [3.8, 4) is 5.75 Å². The van der Waals surface area contributed by atoms with Crippen LogP contribution in [0.15, 0.2) is 29.3 Å². The minimum Gasteiger partial charge on any atom is -0.494 e. The summed E-state index contributed by atoms with van der Waals surface area (Å²) in [5.74, 6) is 1.08. The lowest BCUT2D eigenvalue weighted by Crippen LogP contribution is -2.23. The number of unbranched alkanes of at least 4 members (excludes halogenated alkanes) is 3. The molecule has 1 aromatic rings. The van der Waals surface area contributed by atoms with Crippen LogP contribution >= 0.6 is 0 Å². The maximum atomic E-state index is 5.68. The Hall–Kier alpha value is -1.71. The highest BCUT2D eigenvalue weighted by Gasteiger charge is 1.96. The number of aliphatic imine (C=N–C) groups is 1. The monoisotopic (exact) mass is 263 g/mol. The largest absolute Gasteiger partial charge is 0.494 e. The maximum Gasteiger partial charge on any atom is 0.185 e. The summed E-state index contributed by atoms with van der Waals surface area (Å²) in [7, 11) is 0. The molecule has 0 aliphatic rings. The molecular weight excluding hydrogens is 238 g/mol. The van der Waals surface area contributed by atoms with Gasteiger partial charge in [-0.2, -0.15) is 0 Å². The second-order valence-electron chi connectivity index (χ2n) is 4.61. The average Bonchev–Trinajstić information content (AvgIpc) is 2.40. The van der Waals surface area contributed by atoms with Crippen LogP contribution in [0.4, 0.5) is 0 Å². The van der Waals surface area contributed by atoms with Crippen molar-refractivity contribution < 1.29 is 4.74 Å². The molecule has 106 valence electrons. The molecule has 1 aromatic carbocycles. The topological polar surface area (TPSA) is 73.6 Å². The number of ether oxygens (including phenoxy) is 1. The summed E-state index contributed by atoms with van der Waals surface area (Å²) in [6.45, 7) is 3.63. The first-order valence-corrected chi connectivity index (χ1v) is 6.99. The minimum absolute atomic E-state index is 0.145. The summed E-state index contributed by atoms with van der Waals surface area (Å²) in [6, 6.07) is 8.13. The molecule has 0 amide bonds. The van der Waals surface area contributed by atoms with E-state index in [0.717, 1.165) is 25.2 Å². The van der Waals surface area contributed by atoms with Crippen molar-refractivity contribution in [2.75, 3.05) is 13.2 Å². The molecule has 0 radical (unpaired) electrons. The van der Waals surface area contributed by atoms with Gasteiger partial charge in [0.2, 0.25) is 0 Å². The van der Waals surface area contributed by atoms with E-state index in [1.807, 2.05) is 12.1 Å². The zero-order valence-electron chi connectivity index (χ0n) is 11.8. The Morgan fingerprint density at radius 1 is 1.11 bits per heavy atom. The minimum atomic E-state index is 0.145. The Labute approximate surface area is 115 Å². The third-order valence-corrected chi connectivity index (χ3v) is 2.88. The molecule has 4 N–H and O–H groups in total. The van der Waals surface area contributed by atoms with E-state index in [4.69, 9.17) is 16.2 Å². The number of hydrogen-bond donors (Lipinski definition) is 2. The van der Waals surface area contributed by atoms with E-state index in [-0.39, 0.29) is 5.96 Å². The van der Waals surface area contributed by atoms with Crippen molar-refractivity contribution in [3.63, 3.8) is 0 Å². The first-order valence-electron chi connectivity index (χ1n) is 6.99. The molecule has 0 saturated carbocycles. The highest BCUT2D eigenvalue weighted by molar-refractivity contribution is 5.75. The zero-order chi connectivity index (χ0) is 13.9. The van der Waals surface area contributed by atoms with Gasteiger partial charge in [-0.05, 0) is 30.5 Å². The number of guanidine groups is 1. The molecule has 1 rings (SSSR count). The van der Waals surface area contributed by atoms with Crippen molar-refractivity contribution >= 4 is 5.96 Å². The van der Waals surface area contributed by atoms with Crippen molar-refractivity contribution in [3.05, 3.63) is 29.8 Å². The van der Waals surface area contributed by atoms with Gasteiger partial charge in [0.25, 0.3) is 0 Å². The molecule has 4 heteroatoms. The summed E-state index contributed by atoms with van der Waals surface area (Å²) in [4.78, 5) is 3.96.